The quantitative estimate of drug-likeness (QED) is 0.673. The third-order valence-electron chi connectivity index (χ3n) is 4.12. The molecule has 0 unspecified atom stereocenters. The van der Waals surface area contributed by atoms with Crippen LogP contribution in [0.3, 0.4) is 0 Å². The van der Waals surface area contributed by atoms with E-state index >= 15 is 0 Å². The second-order valence-electron chi connectivity index (χ2n) is 5.79. The van der Waals surface area contributed by atoms with E-state index in [1.54, 1.807) is 24.3 Å². The highest BCUT2D eigenvalue weighted by Crippen LogP contribution is 2.22. The number of imide groups is 1. The van der Waals surface area contributed by atoms with Gasteiger partial charge < -0.3 is 4.84 Å². The topological polar surface area (TPSA) is 119 Å². The molecule has 1 aliphatic rings. The van der Waals surface area contributed by atoms with Crippen LogP contribution in [0.5, 0.6) is 0 Å². The van der Waals surface area contributed by atoms with Crippen molar-refractivity contribution in [1.82, 2.24) is 14.8 Å². The van der Waals surface area contributed by atoms with Gasteiger partial charge >= 0.3 is 5.97 Å². The summed E-state index contributed by atoms with van der Waals surface area (Å²) in [5.41, 5.74) is -0.929. The summed E-state index contributed by atoms with van der Waals surface area (Å²) in [6.07, 6.45) is 0. The maximum Gasteiger partial charge on any atom is 0.354 e. The molecule has 0 spiro atoms. The lowest BCUT2D eigenvalue weighted by atomic mass is 10.1. The van der Waals surface area contributed by atoms with Gasteiger partial charge in [0.2, 0.25) is 0 Å². The lowest BCUT2D eigenvalue weighted by Gasteiger charge is -2.13. The molecule has 27 heavy (non-hydrogen) atoms. The van der Waals surface area contributed by atoms with E-state index in [4.69, 9.17) is 4.84 Å². The number of benzene rings is 2. The Bertz CT molecular complexity index is 1200. The number of carbonyl (C=O) groups is 3. The van der Waals surface area contributed by atoms with Crippen LogP contribution in [0.1, 0.15) is 20.7 Å². The molecule has 0 saturated heterocycles. The van der Waals surface area contributed by atoms with E-state index in [9.17, 15) is 24.0 Å². The minimum absolute atomic E-state index is 0.117. The highest BCUT2D eigenvalue weighted by Gasteiger charge is 2.38. The summed E-state index contributed by atoms with van der Waals surface area (Å²) in [5.74, 6) is -2.61. The molecule has 0 radical (unpaired) electrons. The van der Waals surface area contributed by atoms with Gasteiger partial charge in [-0.1, -0.05) is 29.3 Å². The average molecular weight is 365 g/mol. The number of hydrogen-bond donors (Lipinski definition) is 1. The van der Waals surface area contributed by atoms with Crippen LogP contribution in [-0.4, -0.2) is 32.6 Å². The third kappa shape index (κ3) is 2.61. The van der Waals surface area contributed by atoms with Gasteiger partial charge in [-0.15, -0.1) is 0 Å². The first-order chi connectivity index (χ1) is 13.0. The van der Waals surface area contributed by atoms with E-state index in [1.807, 2.05) is 0 Å². The first kappa shape index (κ1) is 16.5. The molecule has 1 aliphatic heterocycles. The molecule has 3 aromatic rings. The number of fused-ring (bicyclic) bond motifs is 2. The van der Waals surface area contributed by atoms with Crippen molar-refractivity contribution in [2.75, 3.05) is 0 Å². The predicted molar refractivity (Wildman–Crippen MR) is 91.9 cm³/mol. The monoisotopic (exact) mass is 365 g/mol. The molecule has 2 heterocycles. The molecule has 9 nitrogen and oxygen atoms in total. The number of hydroxylamine groups is 2. The molecule has 4 rings (SSSR count). The van der Waals surface area contributed by atoms with Crippen LogP contribution in [-0.2, 0) is 16.2 Å². The van der Waals surface area contributed by atoms with Gasteiger partial charge in [0.15, 0.2) is 0 Å². The van der Waals surface area contributed by atoms with Gasteiger partial charge in [-0.2, -0.15) is 0 Å². The highest BCUT2D eigenvalue weighted by molar-refractivity contribution is 6.20. The smallest absolute Gasteiger partial charge is 0.328 e. The fraction of sp³-hybridized carbons (Fsp3) is 0.0556. The third-order valence-corrected chi connectivity index (χ3v) is 4.12. The van der Waals surface area contributed by atoms with Crippen LogP contribution >= 0.6 is 0 Å². The Kier molecular flexibility index (Phi) is 3.69. The summed E-state index contributed by atoms with van der Waals surface area (Å²) in [7, 11) is 0. The Balaban J connectivity index is 1.60. The van der Waals surface area contributed by atoms with Gasteiger partial charge in [0, 0.05) is 0 Å². The number of carbonyl (C=O) groups excluding carboxylic acids is 3. The van der Waals surface area contributed by atoms with Crippen LogP contribution in [0.2, 0.25) is 0 Å². The maximum atomic E-state index is 12.4. The fourth-order valence-corrected chi connectivity index (χ4v) is 2.87. The zero-order valence-electron chi connectivity index (χ0n) is 13.7. The molecule has 0 atom stereocenters. The molecule has 134 valence electrons. The van der Waals surface area contributed by atoms with E-state index in [1.165, 1.54) is 24.3 Å². The van der Waals surface area contributed by atoms with Crippen molar-refractivity contribution < 1.29 is 19.2 Å². The van der Waals surface area contributed by atoms with Crippen molar-refractivity contribution in [3.8, 4) is 0 Å². The van der Waals surface area contributed by atoms with Crippen LogP contribution in [0.25, 0.3) is 10.8 Å². The average Bonchev–Trinajstić information content (AvgIpc) is 2.91. The fourth-order valence-electron chi connectivity index (χ4n) is 2.87. The van der Waals surface area contributed by atoms with E-state index in [0.717, 1.165) is 4.68 Å². The first-order valence-corrected chi connectivity index (χ1v) is 7.88. The van der Waals surface area contributed by atoms with Crippen molar-refractivity contribution in [2.24, 2.45) is 0 Å². The molecular formula is C18H11N3O6. The van der Waals surface area contributed by atoms with Crippen molar-refractivity contribution in [2.45, 2.75) is 6.54 Å². The summed E-state index contributed by atoms with van der Waals surface area (Å²) in [6.45, 7) is -0.674. The lowest BCUT2D eigenvalue weighted by molar-refractivity contribution is -0.169. The Morgan fingerprint density at radius 1 is 0.852 bits per heavy atom. The second kappa shape index (κ2) is 6.06. The van der Waals surface area contributed by atoms with Gasteiger partial charge in [0.25, 0.3) is 22.9 Å². The Morgan fingerprint density at radius 2 is 1.41 bits per heavy atom. The minimum Gasteiger partial charge on any atom is -0.328 e. The van der Waals surface area contributed by atoms with Crippen molar-refractivity contribution in [3.63, 3.8) is 0 Å². The number of nitrogens with zero attached hydrogens (tertiary/aromatic N) is 2. The van der Waals surface area contributed by atoms with Crippen LogP contribution in [0, 0.1) is 0 Å². The zero-order valence-corrected chi connectivity index (χ0v) is 13.7. The molecule has 9 heteroatoms. The Labute approximate surface area is 150 Å². The van der Waals surface area contributed by atoms with Crippen molar-refractivity contribution in [3.05, 3.63) is 80.4 Å². The molecule has 0 saturated carbocycles. The SMILES string of the molecule is O=C(Cn1[nH]c(=O)c2ccccc2c1=O)ON1C(=O)c2ccccc2C1=O. The molecule has 0 bridgehead atoms. The molecule has 2 amide bonds. The first-order valence-electron chi connectivity index (χ1n) is 7.88. The number of rotatable bonds is 3. The number of aromatic amines is 1. The van der Waals surface area contributed by atoms with Gasteiger partial charge in [-0.3, -0.25) is 24.3 Å². The molecule has 0 fully saturated rings. The van der Waals surface area contributed by atoms with E-state index in [-0.39, 0.29) is 21.9 Å². The molecule has 1 N–H and O–H groups in total. The summed E-state index contributed by atoms with van der Waals surface area (Å²) in [6, 6.07) is 12.2. The molecular weight excluding hydrogens is 354 g/mol. The van der Waals surface area contributed by atoms with Gasteiger partial charge in [-0.05, 0) is 24.3 Å². The van der Waals surface area contributed by atoms with Gasteiger partial charge in [0.05, 0.1) is 21.9 Å². The van der Waals surface area contributed by atoms with Crippen molar-refractivity contribution in [1.29, 1.82) is 0 Å². The zero-order chi connectivity index (χ0) is 19.1. The molecule has 0 aliphatic carbocycles. The van der Waals surface area contributed by atoms with Crippen LogP contribution in [0.15, 0.2) is 58.1 Å². The lowest BCUT2D eigenvalue weighted by Crippen LogP contribution is -2.37. The Hall–Kier alpha value is -4.01. The number of nitrogens with one attached hydrogen (secondary N) is 1. The van der Waals surface area contributed by atoms with Crippen molar-refractivity contribution >= 4 is 28.6 Å². The summed E-state index contributed by atoms with van der Waals surface area (Å²) < 4.78 is 0.769. The standard InChI is InChI=1S/C18H11N3O6/c22-14(27-21-17(25)12-7-3-4-8-13(12)18(21)26)9-20-16(24)11-6-2-1-5-10(11)15(23)19-20/h1-8H,9H2,(H,19,23). The van der Waals surface area contributed by atoms with E-state index in [0.29, 0.717) is 5.06 Å². The van der Waals surface area contributed by atoms with Gasteiger partial charge in [0.1, 0.15) is 6.54 Å². The second-order valence-corrected chi connectivity index (χ2v) is 5.79. The number of amides is 2. The molecule has 1 aromatic heterocycles. The number of hydrogen-bond acceptors (Lipinski definition) is 6. The maximum absolute atomic E-state index is 12.4. The number of aromatic nitrogens is 2. The van der Waals surface area contributed by atoms with Crippen LogP contribution < -0.4 is 11.1 Å². The largest absolute Gasteiger partial charge is 0.354 e. The van der Waals surface area contributed by atoms with Crippen LogP contribution in [0.4, 0.5) is 0 Å². The molecule has 2 aromatic carbocycles. The summed E-state index contributed by atoms with van der Waals surface area (Å²) in [4.78, 5) is 65.8. The van der Waals surface area contributed by atoms with E-state index < -0.39 is 35.4 Å². The number of H-pyrrole nitrogens is 1. The normalized spacial score (nSPS) is 13.1. The summed E-state index contributed by atoms with van der Waals surface area (Å²) in [5, 5.41) is 2.94. The predicted octanol–water partition coefficient (Wildman–Crippen LogP) is 0.444. The summed E-state index contributed by atoms with van der Waals surface area (Å²) >= 11 is 0. The highest BCUT2D eigenvalue weighted by atomic mass is 16.7. The minimum atomic E-state index is -1.06. The van der Waals surface area contributed by atoms with E-state index in [2.05, 4.69) is 5.10 Å². The Morgan fingerprint density at radius 3 is 2.04 bits per heavy atom. The van der Waals surface area contributed by atoms with Gasteiger partial charge in [-0.25, -0.2) is 9.48 Å².